The molecule has 0 aromatic heterocycles. The molecule has 2 amide bonds. The number of amides is 2. The summed E-state index contributed by atoms with van der Waals surface area (Å²) in [5, 5.41) is 11.9. The van der Waals surface area contributed by atoms with Crippen LogP contribution in [0.4, 0.5) is 4.79 Å². The minimum atomic E-state index is -0.922. The molecule has 0 bridgehead atoms. The maximum absolute atomic E-state index is 11.7. The summed E-state index contributed by atoms with van der Waals surface area (Å²) in [5.74, 6) is 3.77. The number of terminal acetylenes is 1. The first-order valence-electron chi connectivity index (χ1n) is 8.95. The normalized spacial score (nSPS) is 24.1. The molecule has 3 atom stereocenters. The van der Waals surface area contributed by atoms with Crippen LogP contribution in [0.25, 0.3) is 0 Å². The molecule has 7 heteroatoms. The van der Waals surface area contributed by atoms with Crippen LogP contribution in [0.1, 0.15) is 26.7 Å². The maximum atomic E-state index is 11.7. The molecule has 0 aromatic carbocycles. The number of hydrogen-bond acceptors (Lipinski definition) is 6. The fraction of sp³-hybridized carbons (Fsp3) is 0.429. The van der Waals surface area contributed by atoms with Crippen LogP contribution in [-0.4, -0.2) is 41.3 Å². The minimum absolute atomic E-state index is 0.0463. The molecule has 0 aromatic rings. The van der Waals surface area contributed by atoms with Crippen molar-refractivity contribution in [2.24, 2.45) is 5.92 Å². The molecule has 0 radical (unpaired) electrons. The van der Waals surface area contributed by atoms with E-state index >= 15 is 0 Å². The Labute approximate surface area is 169 Å². The quantitative estimate of drug-likeness (QED) is 0.368. The zero-order chi connectivity index (χ0) is 20.7. The number of imide groups is 1. The number of methoxy groups -OCH3 is 1. The summed E-state index contributed by atoms with van der Waals surface area (Å²) in [4.78, 5) is 23.0. The van der Waals surface area contributed by atoms with Crippen LogP contribution in [0, 0.1) is 18.3 Å². The molecule has 2 N–H and O–H groups in total. The fourth-order valence-electron chi connectivity index (χ4n) is 2.83. The van der Waals surface area contributed by atoms with Crippen molar-refractivity contribution < 1.29 is 24.2 Å². The second-order valence-corrected chi connectivity index (χ2v) is 7.84. The third kappa shape index (κ3) is 6.04. The Hall–Kier alpha value is -2.43. The number of aliphatic hydroxyl groups excluding tert-OH is 1. The van der Waals surface area contributed by atoms with Crippen LogP contribution in [0.15, 0.2) is 47.0 Å². The molecule has 2 unspecified atom stereocenters. The van der Waals surface area contributed by atoms with Gasteiger partial charge in [0.1, 0.15) is 12.7 Å². The van der Waals surface area contributed by atoms with Gasteiger partial charge in [-0.3, -0.25) is 14.9 Å². The smallest absolute Gasteiger partial charge is 0.286 e. The van der Waals surface area contributed by atoms with Crippen LogP contribution < -0.4 is 5.32 Å². The molecule has 0 spiro atoms. The molecule has 1 saturated heterocycles. The molecule has 1 fully saturated rings. The maximum Gasteiger partial charge on any atom is 0.286 e. The summed E-state index contributed by atoms with van der Waals surface area (Å²) in [6, 6.07) is 0. The molecule has 0 saturated carbocycles. The highest BCUT2D eigenvalue weighted by atomic mass is 32.2. The summed E-state index contributed by atoms with van der Waals surface area (Å²) in [5.41, 5.74) is 1.50. The predicted molar refractivity (Wildman–Crippen MR) is 109 cm³/mol. The van der Waals surface area contributed by atoms with Gasteiger partial charge in [0.05, 0.1) is 23.9 Å². The molecule has 6 nitrogen and oxygen atoms in total. The molecule has 2 aliphatic rings. The standard InChI is InChI=1S/C21H25NO5S/c1-5-16(8-6-14(3)26-4)17(23)12-27-18-9-7-15(10-13(18)2)11-19-20(24)22-21(25)28-19/h1,6-9,13,17,19,23H,10-12H2,2-4H3,(H,22,24,25)/b14-6+,16-8+/t13?,17-,19?/m1/s1. The van der Waals surface area contributed by atoms with Crippen LogP contribution >= 0.6 is 11.8 Å². The largest absolute Gasteiger partial charge is 0.501 e. The first-order valence-corrected chi connectivity index (χ1v) is 9.83. The van der Waals surface area contributed by atoms with Crippen LogP contribution in [0.2, 0.25) is 0 Å². The minimum Gasteiger partial charge on any atom is -0.501 e. The van der Waals surface area contributed by atoms with Gasteiger partial charge in [-0.15, -0.1) is 6.42 Å². The van der Waals surface area contributed by atoms with Gasteiger partial charge < -0.3 is 14.6 Å². The number of hydrogen-bond donors (Lipinski definition) is 2. The van der Waals surface area contributed by atoms with E-state index in [2.05, 4.69) is 11.2 Å². The molecule has 1 aliphatic carbocycles. The van der Waals surface area contributed by atoms with Gasteiger partial charge in [0, 0.05) is 11.5 Å². The summed E-state index contributed by atoms with van der Waals surface area (Å²) >= 11 is 1.03. The van der Waals surface area contributed by atoms with Crippen molar-refractivity contribution >= 4 is 22.9 Å². The van der Waals surface area contributed by atoms with Gasteiger partial charge in [-0.1, -0.05) is 36.3 Å². The van der Waals surface area contributed by atoms with Crippen molar-refractivity contribution in [1.29, 1.82) is 0 Å². The van der Waals surface area contributed by atoms with E-state index in [9.17, 15) is 14.7 Å². The topological polar surface area (TPSA) is 84.9 Å². The lowest BCUT2D eigenvalue weighted by molar-refractivity contribution is -0.118. The van der Waals surface area contributed by atoms with Gasteiger partial charge in [-0.05, 0) is 38.0 Å². The Morgan fingerprint density at radius 3 is 2.79 bits per heavy atom. The monoisotopic (exact) mass is 403 g/mol. The van der Waals surface area contributed by atoms with E-state index in [1.807, 2.05) is 19.1 Å². The van der Waals surface area contributed by atoms with E-state index in [0.717, 1.165) is 29.5 Å². The number of carbonyl (C=O) groups excluding carboxylic acids is 2. The van der Waals surface area contributed by atoms with Crippen molar-refractivity contribution in [3.63, 3.8) is 0 Å². The molecule has 28 heavy (non-hydrogen) atoms. The SMILES string of the molecule is C#C/C(=C\C=C(/C)OC)[C@H](O)COC1=CC=C(CC2SC(=O)NC2=O)CC1C. The van der Waals surface area contributed by atoms with E-state index in [4.69, 9.17) is 15.9 Å². The number of ether oxygens (including phenoxy) is 2. The average molecular weight is 404 g/mol. The summed E-state index contributed by atoms with van der Waals surface area (Å²) in [7, 11) is 1.56. The van der Waals surface area contributed by atoms with Crippen molar-refractivity contribution in [3.8, 4) is 12.3 Å². The highest BCUT2D eigenvalue weighted by Gasteiger charge is 2.32. The molecule has 2 rings (SSSR count). The molecule has 1 aliphatic heterocycles. The summed E-state index contributed by atoms with van der Waals surface area (Å²) in [6.45, 7) is 3.85. The Balaban J connectivity index is 1.94. The van der Waals surface area contributed by atoms with Crippen LogP contribution in [0.3, 0.4) is 0 Å². The zero-order valence-corrected chi connectivity index (χ0v) is 17.0. The van der Waals surface area contributed by atoms with Gasteiger partial charge in [0.2, 0.25) is 5.91 Å². The van der Waals surface area contributed by atoms with Gasteiger partial charge in [0.25, 0.3) is 5.24 Å². The van der Waals surface area contributed by atoms with E-state index in [1.54, 1.807) is 26.2 Å². The number of nitrogens with one attached hydrogen (secondary N) is 1. The second kappa shape index (κ2) is 10.2. The highest BCUT2D eigenvalue weighted by molar-refractivity contribution is 8.15. The Morgan fingerprint density at radius 1 is 1.46 bits per heavy atom. The summed E-state index contributed by atoms with van der Waals surface area (Å²) in [6.07, 6.45) is 12.9. The third-order valence-electron chi connectivity index (χ3n) is 4.51. The van der Waals surface area contributed by atoms with E-state index in [1.165, 1.54) is 0 Å². The average Bonchev–Trinajstić information content (AvgIpc) is 2.98. The number of thioether (sulfide) groups is 1. The lowest BCUT2D eigenvalue weighted by atomic mass is 9.91. The number of allylic oxidation sites excluding steroid dienone is 7. The van der Waals surface area contributed by atoms with Gasteiger partial charge in [0.15, 0.2) is 0 Å². The molecule has 150 valence electrons. The lowest BCUT2D eigenvalue weighted by Crippen LogP contribution is -2.25. The first kappa shape index (κ1) is 21.9. The number of carbonyl (C=O) groups is 2. The zero-order valence-electron chi connectivity index (χ0n) is 16.2. The van der Waals surface area contributed by atoms with Crippen molar-refractivity contribution in [1.82, 2.24) is 5.32 Å². The predicted octanol–water partition coefficient (Wildman–Crippen LogP) is 3.07. The van der Waals surface area contributed by atoms with Crippen LogP contribution in [0.5, 0.6) is 0 Å². The van der Waals surface area contributed by atoms with Gasteiger partial charge in [-0.2, -0.15) is 0 Å². The van der Waals surface area contributed by atoms with Crippen molar-refractivity contribution in [2.45, 2.75) is 38.0 Å². The first-order chi connectivity index (χ1) is 13.3. The van der Waals surface area contributed by atoms with E-state index in [-0.39, 0.29) is 28.9 Å². The Kier molecular flexibility index (Phi) is 7.97. The van der Waals surface area contributed by atoms with Crippen molar-refractivity contribution in [3.05, 3.63) is 47.0 Å². The highest BCUT2D eigenvalue weighted by Crippen LogP contribution is 2.32. The number of aliphatic hydroxyl groups is 1. The second-order valence-electron chi connectivity index (χ2n) is 6.66. The summed E-state index contributed by atoms with van der Waals surface area (Å²) < 4.78 is 10.8. The Bertz CT molecular complexity index is 787. The Morgan fingerprint density at radius 2 is 2.21 bits per heavy atom. The molecule has 1 heterocycles. The van der Waals surface area contributed by atoms with Gasteiger partial charge >= 0.3 is 0 Å². The fourth-order valence-corrected chi connectivity index (χ4v) is 3.71. The van der Waals surface area contributed by atoms with Crippen molar-refractivity contribution in [2.75, 3.05) is 13.7 Å². The number of rotatable bonds is 8. The van der Waals surface area contributed by atoms with E-state index < -0.39 is 6.10 Å². The van der Waals surface area contributed by atoms with Crippen LogP contribution in [-0.2, 0) is 14.3 Å². The van der Waals surface area contributed by atoms with Gasteiger partial charge in [-0.25, -0.2) is 0 Å². The molecular weight excluding hydrogens is 378 g/mol. The molecular formula is C21H25NO5S. The lowest BCUT2D eigenvalue weighted by Gasteiger charge is -2.24. The third-order valence-corrected chi connectivity index (χ3v) is 5.49. The van der Waals surface area contributed by atoms with E-state index in [0.29, 0.717) is 17.8 Å².